The van der Waals surface area contributed by atoms with Crippen molar-refractivity contribution in [3.63, 3.8) is 0 Å². The van der Waals surface area contributed by atoms with Crippen LogP contribution >= 0.6 is 0 Å². The van der Waals surface area contributed by atoms with Crippen molar-refractivity contribution in [2.75, 3.05) is 19.6 Å². The van der Waals surface area contributed by atoms with Gasteiger partial charge in [-0.2, -0.15) is 4.98 Å². The number of halogens is 1. The second kappa shape index (κ2) is 8.61. The third-order valence-electron chi connectivity index (χ3n) is 4.55. The molecule has 1 aliphatic heterocycles. The minimum Gasteiger partial charge on any atom is -0.481 e. The van der Waals surface area contributed by atoms with Gasteiger partial charge in [-0.1, -0.05) is 5.16 Å². The Morgan fingerprint density at radius 2 is 1.96 bits per heavy atom. The van der Waals surface area contributed by atoms with Crippen LogP contribution in [-0.4, -0.2) is 51.8 Å². The van der Waals surface area contributed by atoms with E-state index in [1.54, 1.807) is 17.0 Å². The van der Waals surface area contributed by atoms with Gasteiger partial charge in [0.15, 0.2) is 0 Å². The fourth-order valence-corrected chi connectivity index (χ4v) is 2.95. The fourth-order valence-electron chi connectivity index (χ4n) is 2.95. The highest BCUT2D eigenvalue weighted by atomic mass is 19.1. The number of carboxylic acid groups (broad SMARTS) is 1. The zero-order valence-corrected chi connectivity index (χ0v) is 14.7. The molecule has 0 unspecified atom stereocenters. The Bertz CT molecular complexity index is 785. The maximum absolute atomic E-state index is 12.9. The van der Waals surface area contributed by atoms with E-state index in [1.807, 2.05) is 0 Å². The van der Waals surface area contributed by atoms with Gasteiger partial charge in [-0.15, -0.1) is 0 Å². The summed E-state index contributed by atoms with van der Waals surface area (Å²) in [6.07, 6.45) is 2.10. The number of nitrogens with one attached hydrogen (secondary N) is 1. The van der Waals surface area contributed by atoms with E-state index in [4.69, 9.17) is 9.63 Å². The highest BCUT2D eigenvalue weighted by molar-refractivity contribution is 5.75. The molecule has 1 aromatic carbocycles. The smallest absolute Gasteiger partial charge is 0.317 e. The Hall–Kier alpha value is -2.97. The average Bonchev–Trinajstić information content (AvgIpc) is 3.14. The summed E-state index contributed by atoms with van der Waals surface area (Å²) in [6, 6.07) is 5.65. The molecule has 0 bridgehead atoms. The van der Waals surface area contributed by atoms with Crippen molar-refractivity contribution in [3.8, 4) is 11.4 Å². The molecule has 2 amide bonds. The number of aliphatic carboxylic acids is 1. The number of carboxylic acids is 1. The van der Waals surface area contributed by atoms with Crippen LogP contribution in [-0.2, 0) is 11.2 Å². The van der Waals surface area contributed by atoms with Crippen LogP contribution in [0.15, 0.2) is 28.8 Å². The molecule has 1 aliphatic rings. The Morgan fingerprint density at radius 1 is 1.26 bits per heavy atom. The van der Waals surface area contributed by atoms with Gasteiger partial charge in [-0.05, 0) is 43.5 Å². The highest BCUT2D eigenvalue weighted by Gasteiger charge is 2.26. The Balaban J connectivity index is 1.38. The lowest BCUT2D eigenvalue weighted by molar-refractivity contribution is -0.143. The van der Waals surface area contributed by atoms with E-state index >= 15 is 0 Å². The molecule has 0 radical (unpaired) electrons. The zero-order valence-electron chi connectivity index (χ0n) is 14.7. The van der Waals surface area contributed by atoms with Crippen molar-refractivity contribution in [1.29, 1.82) is 0 Å². The van der Waals surface area contributed by atoms with Crippen molar-refractivity contribution >= 4 is 12.0 Å². The van der Waals surface area contributed by atoms with Crippen LogP contribution in [0.1, 0.15) is 25.2 Å². The van der Waals surface area contributed by atoms with Crippen LogP contribution in [0.3, 0.4) is 0 Å². The number of aromatic nitrogens is 2. The van der Waals surface area contributed by atoms with Crippen LogP contribution < -0.4 is 5.32 Å². The number of aryl methyl sites for hydroxylation is 1. The quantitative estimate of drug-likeness (QED) is 0.749. The molecule has 144 valence electrons. The standard InChI is InChI=1S/C18H21FN4O4/c19-14-5-3-12(4-6-14)16-21-15(27-22-16)2-1-9-20-18(26)23-10-7-13(8-11-23)17(24)25/h3-6,13H,1-2,7-11H2,(H,20,26)(H,24,25). The normalized spacial score (nSPS) is 14.9. The number of piperidine rings is 1. The van der Waals surface area contributed by atoms with Gasteiger partial charge in [0.2, 0.25) is 11.7 Å². The first kappa shape index (κ1) is 18.8. The summed E-state index contributed by atoms with van der Waals surface area (Å²) < 4.78 is 18.1. The Labute approximate surface area is 155 Å². The van der Waals surface area contributed by atoms with E-state index in [-0.39, 0.29) is 17.8 Å². The number of hydrogen-bond acceptors (Lipinski definition) is 5. The lowest BCUT2D eigenvalue weighted by Gasteiger charge is -2.30. The van der Waals surface area contributed by atoms with Crippen LogP contribution in [0.5, 0.6) is 0 Å². The molecule has 0 aliphatic carbocycles. The van der Waals surface area contributed by atoms with E-state index in [0.29, 0.717) is 62.6 Å². The molecule has 1 saturated heterocycles. The number of rotatable bonds is 6. The summed E-state index contributed by atoms with van der Waals surface area (Å²) in [5.41, 5.74) is 0.671. The zero-order chi connectivity index (χ0) is 19.2. The molecular weight excluding hydrogens is 355 g/mol. The Kier molecular flexibility index (Phi) is 6.00. The molecule has 27 heavy (non-hydrogen) atoms. The summed E-state index contributed by atoms with van der Waals surface area (Å²) in [7, 11) is 0. The molecule has 9 heteroatoms. The number of benzene rings is 1. The first-order valence-electron chi connectivity index (χ1n) is 8.87. The van der Waals surface area contributed by atoms with Crippen molar-refractivity contribution in [2.45, 2.75) is 25.7 Å². The third-order valence-corrected chi connectivity index (χ3v) is 4.55. The first-order chi connectivity index (χ1) is 13.0. The number of carbonyl (C=O) groups excluding carboxylic acids is 1. The second-order valence-corrected chi connectivity index (χ2v) is 6.45. The molecule has 1 fully saturated rings. The van der Waals surface area contributed by atoms with Crippen LogP contribution in [0.4, 0.5) is 9.18 Å². The maximum atomic E-state index is 12.9. The van der Waals surface area contributed by atoms with E-state index < -0.39 is 5.97 Å². The van der Waals surface area contributed by atoms with Gasteiger partial charge in [0, 0.05) is 31.6 Å². The molecule has 2 heterocycles. The van der Waals surface area contributed by atoms with Crippen molar-refractivity contribution < 1.29 is 23.6 Å². The van der Waals surface area contributed by atoms with Gasteiger partial charge in [0.25, 0.3) is 0 Å². The fraction of sp³-hybridized carbons (Fsp3) is 0.444. The summed E-state index contributed by atoms with van der Waals surface area (Å²) in [5.74, 6) is -0.636. The van der Waals surface area contributed by atoms with Gasteiger partial charge in [0.05, 0.1) is 5.92 Å². The number of hydrogen-bond donors (Lipinski definition) is 2. The first-order valence-corrected chi connectivity index (χ1v) is 8.87. The molecule has 2 N–H and O–H groups in total. The van der Waals surface area contributed by atoms with E-state index in [0.717, 1.165) is 0 Å². The van der Waals surface area contributed by atoms with E-state index in [1.165, 1.54) is 12.1 Å². The summed E-state index contributed by atoms with van der Waals surface area (Å²) >= 11 is 0. The molecule has 0 spiro atoms. The van der Waals surface area contributed by atoms with Gasteiger partial charge >= 0.3 is 12.0 Å². The predicted molar refractivity (Wildman–Crippen MR) is 93.3 cm³/mol. The SMILES string of the molecule is O=C(O)C1CCN(C(=O)NCCCc2nc(-c3ccc(F)cc3)no2)CC1. The molecular formula is C18H21FN4O4. The monoisotopic (exact) mass is 376 g/mol. The maximum Gasteiger partial charge on any atom is 0.317 e. The topological polar surface area (TPSA) is 109 Å². The van der Waals surface area contributed by atoms with Gasteiger partial charge in [-0.25, -0.2) is 9.18 Å². The predicted octanol–water partition coefficient (Wildman–Crippen LogP) is 2.31. The average molecular weight is 376 g/mol. The summed E-state index contributed by atoms with van der Waals surface area (Å²) in [5, 5.41) is 15.7. The minimum atomic E-state index is -0.797. The van der Waals surface area contributed by atoms with Gasteiger partial charge < -0.3 is 19.8 Å². The van der Waals surface area contributed by atoms with Crippen LogP contribution in [0.25, 0.3) is 11.4 Å². The molecule has 1 aromatic heterocycles. The minimum absolute atomic E-state index is 0.184. The van der Waals surface area contributed by atoms with Gasteiger partial charge in [0.1, 0.15) is 5.82 Å². The third kappa shape index (κ3) is 5.02. The molecule has 0 atom stereocenters. The van der Waals surface area contributed by atoms with Crippen molar-refractivity contribution in [2.24, 2.45) is 5.92 Å². The molecule has 2 aromatic rings. The number of amides is 2. The summed E-state index contributed by atoms with van der Waals surface area (Å²) in [6.45, 7) is 1.35. The summed E-state index contributed by atoms with van der Waals surface area (Å²) in [4.78, 5) is 28.9. The van der Waals surface area contributed by atoms with Gasteiger partial charge in [-0.3, -0.25) is 4.79 Å². The molecule has 8 nitrogen and oxygen atoms in total. The highest BCUT2D eigenvalue weighted by Crippen LogP contribution is 2.18. The number of carbonyl (C=O) groups is 2. The van der Waals surface area contributed by atoms with Crippen molar-refractivity contribution in [1.82, 2.24) is 20.4 Å². The Morgan fingerprint density at radius 3 is 2.63 bits per heavy atom. The lowest BCUT2D eigenvalue weighted by Crippen LogP contribution is -2.45. The van der Waals surface area contributed by atoms with Crippen LogP contribution in [0.2, 0.25) is 0 Å². The number of likely N-dealkylation sites (tertiary alicyclic amines) is 1. The lowest BCUT2D eigenvalue weighted by atomic mass is 9.97. The molecule has 0 saturated carbocycles. The van der Waals surface area contributed by atoms with E-state index in [2.05, 4.69) is 15.5 Å². The number of nitrogens with zero attached hydrogens (tertiary/aromatic N) is 3. The molecule has 3 rings (SSSR count). The van der Waals surface area contributed by atoms with Crippen LogP contribution in [0, 0.1) is 11.7 Å². The largest absolute Gasteiger partial charge is 0.481 e. The second-order valence-electron chi connectivity index (χ2n) is 6.45. The number of urea groups is 1. The van der Waals surface area contributed by atoms with E-state index in [9.17, 15) is 14.0 Å². The van der Waals surface area contributed by atoms with Crippen molar-refractivity contribution in [3.05, 3.63) is 36.0 Å².